The number of aromatic hydroxyl groups is 1. The van der Waals surface area contributed by atoms with Crippen molar-refractivity contribution in [3.05, 3.63) is 47.0 Å². The zero-order chi connectivity index (χ0) is 19.2. The number of unbranched alkanes of at least 4 members (excludes halogenated alkanes) is 1. The van der Waals surface area contributed by atoms with Crippen LogP contribution in [0.25, 0.3) is 0 Å². The van der Waals surface area contributed by atoms with Gasteiger partial charge in [0.05, 0.1) is 18.2 Å². The standard InChI is InChI=1S/C18H18ClF3O4/c1-12-10-13(23)11-16(19)17(12)25-9-3-2-8-24-14-4-6-15(7-5-14)26-18(20,21)22/h4-7,10-11,23H,2-3,8-9H2,1H3. The normalized spacial score (nSPS) is 11.3. The van der Waals surface area contributed by atoms with Crippen LogP contribution in [0.1, 0.15) is 18.4 Å². The highest BCUT2D eigenvalue weighted by atomic mass is 35.5. The topological polar surface area (TPSA) is 47.9 Å². The number of phenolic OH excluding ortho intramolecular Hbond substituents is 1. The third kappa shape index (κ3) is 6.55. The number of halogens is 4. The van der Waals surface area contributed by atoms with Crippen LogP contribution in [0.2, 0.25) is 5.02 Å². The summed E-state index contributed by atoms with van der Waals surface area (Å²) in [6, 6.07) is 8.20. The summed E-state index contributed by atoms with van der Waals surface area (Å²) in [5.41, 5.74) is 0.743. The molecule has 0 aliphatic carbocycles. The zero-order valence-corrected chi connectivity index (χ0v) is 14.7. The molecule has 0 aromatic heterocycles. The van der Waals surface area contributed by atoms with E-state index in [1.54, 1.807) is 13.0 Å². The van der Waals surface area contributed by atoms with Gasteiger partial charge in [0, 0.05) is 6.07 Å². The van der Waals surface area contributed by atoms with Crippen LogP contribution in [0.5, 0.6) is 23.0 Å². The van der Waals surface area contributed by atoms with Crippen molar-refractivity contribution in [2.45, 2.75) is 26.1 Å². The van der Waals surface area contributed by atoms with Crippen LogP contribution < -0.4 is 14.2 Å². The van der Waals surface area contributed by atoms with E-state index >= 15 is 0 Å². The Kier molecular flexibility index (Phi) is 6.85. The lowest BCUT2D eigenvalue weighted by atomic mass is 10.2. The first-order valence-electron chi connectivity index (χ1n) is 7.85. The molecule has 0 amide bonds. The van der Waals surface area contributed by atoms with E-state index in [9.17, 15) is 18.3 Å². The van der Waals surface area contributed by atoms with Crippen molar-refractivity contribution in [3.63, 3.8) is 0 Å². The average Bonchev–Trinajstić information content (AvgIpc) is 2.52. The molecule has 0 heterocycles. The SMILES string of the molecule is Cc1cc(O)cc(Cl)c1OCCCCOc1ccc(OC(F)(F)F)cc1. The number of phenols is 1. The fraction of sp³-hybridized carbons (Fsp3) is 0.333. The van der Waals surface area contributed by atoms with Gasteiger partial charge in [-0.25, -0.2) is 0 Å². The van der Waals surface area contributed by atoms with Gasteiger partial charge in [-0.05, 0) is 55.7 Å². The average molecular weight is 391 g/mol. The number of aryl methyl sites for hydroxylation is 1. The Balaban J connectivity index is 1.68. The van der Waals surface area contributed by atoms with Crippen LogP contribution in [-0.2, 0) is 0 Å². The summed E-state index contributed by atoms with van der Waals surface area (Å²) in [6.45, 7) is 2.61. The lowest BCUT2D eigenvalue weighted by molar-refractivity contribution is -0.274. The summed E-state index contributed by atoms with van der Waals surface area (Å²) in [7, 11) is 0. The highest BCUT2D eigenvalue weighted by Gasteiger charge is 2.30. The van der Waals surface area contributed by atoms with Gasteiger partial charge >= 0.3 is 6.36 Å². The van der Waals surface area contributed by atoms with E-state index in [-0.39, 0.29) is 11.5 Å². The maximum atomic E-state index is 12.1. The largest absolute Gasteiger partial charge is 0.573 e. The summed E-state index contributed by atoms with van der Waals surface area (Å²) in [5.74, 6) is 0.780. The van der Waals surface area contributed by atoms with Crippen molar-refractivity contribution in [1.29, 1.82) is 0 Å². The molecule has 1 N–H and O–H groups in total. The van der Waals surface area contributed by atoms with E-state index in [0.29, 0.717) is 42.6 Å². The molecule has 0 radical (unpaired) electrons. The molecule has 0 spiro atoms. The maximum absolute atomic E-state index is 12.1. The minimum atomic E-state index is -4.71. The quantitative estimate of drug-likeness (QED) is 0.605. The molecule has 0 bridgehead atoms. The summed E-state index contributed by atoms with van der Waals surface area (Å²) in [4.78, 5) is 0. The highest BCUT2D eigenvalue weighted by Crippen LogP contribution is 2.32. The zero-order valence-electron chi connectivity index (χ0n) is 14.0. The second kappa shape index (κ2) is 8.89. The molecule has 2 rings (SSSR count). The number of alkyl halides is 3. The van der Waals surface area contributed by atoms with Gasteiger partial charge in [-0.2, -0.15) is 0 Å². The first-order chi connectivity index (χ1) is 12.2. The Morgan fingerprint density at radius 3 is 2.12 bits per heavy atom. The molecule has 0 saturated heterocycles. The highest BCUT2D eigenvalue weighted by molar-refractivity contribution is 6.32. The van der Waals surface area contributed by atoms with Gasteiger partial charge in [-0.15, -0.1) is 13.2 Å². The second-order valence-electron chi connectivity index (χ2n) is 5.50. The molecule has 2 aromatic rings. The number of ether oxygens (including phenoxy) is 3. The monoisotopic (exact) mass is 390 g/mol. The Hall–Kier alpha value is -2.28. The van der Waals surface area contributed by atoms with Crippen LogP contribution in [0.15, 0.2) is 36.4 Å². The summed E-state index contributed by atoms with van der Waals surface area (Å²) >= 11 is 6.02. The summed E-state index contributed by atoms with van der Waals surface area (Å²) < 4.78 is 51.1. The molecule has 4 nitrogen and oxygen atoms in total. The number of rotatable bonds is 8. The van der Waals surface area contributed by atoms with E-state index in [0.717, 1.165) is 5.56 Å². The van der Waals surface area contributed by atoms with Gasteiger partial charge in [0.15, 0.2) is 0 Å². The third-order valence-corrected chi connectivity index (χ3v) is 3.61. The van der Waals surface area contributed by atoms with Crippen molar-refractivity contribution in [1.82, 2.24) is 0 Å². The van der Waals surface area contributed by atoms with E-state index < -0.39 is 6.36 Å². The van der Waals surface area contributed by atoms with Gasteiger partial charge < -0.3 is 19.3 Å². The van der Waals surface area contributed by atoms with E-state index in [4.69, 9.17) is 21.1 Å². The van der Waals surface area contributed by atoms with E-state index in [2.05, 4.69) is 4.74 Å². The van der Waals surface area contributed by atoms with Crippen molar-refractivity contribution in [2.24, 2.45) is 0 Å². The lowest BCUT2D eigenvalue weighted by Gasteiger charge is -2.12. The Labute approximate surface area is 154 Å². The Bertz CT molecular complexity index is 694. The summed E-state index contributed by atoms with van der Waals surface area (Å²) in [6.07, 6.45) is -3.32. The fourth-order valence-electron chi connectivity index (χ4n) is 2.20. The number of hydrogen-bond donors (Lipinski definition) is 1. The molecule has 142 valence electrons. The van der Waals surface area contributed by atoms with Crippen molar-refractivity contribution < 1.29 is 32.5 Å². The van der Waals surface area contributed by atoms with Crippen molar-refractivity contribution in [2.75, 3.05) is 13.2 Å². The van der Waals surface area contributed by atoms with Crippen LogP contribution in [0.3, 0.4) is 0 Å². The molecule has 0 aliphatic heterocycles. The first kappa shape index (κ1) is 20.0. The molecule has 0 unspecified atom stereocenters. The molecular weight excluding hydrogens is 373 g/mol. The minimum Gasteiger partial charge on any atom is -0.508 e. The van der Waals surface area contributed by atoms with Crippen LogP contribution in [-0.4, -0.2) is 24.7 Å². The molecule has 0 aliphatic rings. The van der Waals surface area contributed by atoms with Crippen LogP contribution in [0, 0.1) is 6.92 Å². The second-order valence-corrected chi connectivity index (χ2v) is 5.90. The maximum Gasteiger partial charge on any atom is 0.573 e. The molecule has 2 aromatic carbocycles. The molecular formula is C18H18ClF3O4. The van der Waals surface area contributed by atoms with Crippen molar-refractivity contribution in [3.8, 4) is 23.0 Å². The Morgan fingerprint density at radius 1 is 0.962 bits per heavy atom. The van der Waals surface area contributed by atoms with Gasteiger partial charge in [-0.1, -0.05) is 11.6 Å². The molecule has 26 heavy (non-hydrogen) atoms. The smallest absolute Gasteiger partial charge is 0.508 e. The van der Waals surface area contributed by atoms with Crippen LogP contribution in [0.4, 0.5) is 13.2 Å². The number of benzene rings is 2. The van der Waals surface area contributed by atoms with E-state index in [1.165, 1.54) is 30.3 Å². The minimum absolute atomic E-state index is 0.0832. The van der Waals surface area contributed by atoms with Gasteiger partial charge in [0.2, 0.25) is 0 Å². The predicted molar refractivity (Wildman–Crippen MR) is 91.2 cm³/mol. The molecule has 8 heteroatoms. The molecule has 0 atom stereocenters. The summed E-state index contributed by atoms with van der Waals surface area (Å²) in [5, 5.41) is 9.77. The van der Waals surface area contributed by atoms with Gasteiger partial charge in [-0.3, -0.25) is 0 Å². The first-order valence-corrected chi connectivity index (χ1v) is 8.23. The van der Waals surface area contributed by atoms with E-state index in [1.807, 2.05) is 0 Å². The molecule has 0 saturated carbocycles. The number of hydrogen-bond acceptors (Lipinski definition) is 4. The van der Waals surface area contributed by atoms with Gasteiger partial charge in [0.25, 0.3) is 0 Å². The molecule has 0 fully saturated rings. The third-order valence-electron chi connectivity index (χ3n) is 3.33. The lowest BCUT2D eigenvalue weighted by Crippen LogP contribution is -2.16. The van der Waals surface area contributed by atoms with Gasteiger partial charge in [0.1, 0.15) is 23.0 Å². The Morgan fingerprint density at radius 2 is 1.54 bits per heavy atom. The fourth-order valence-corrected chi connectivity index (χ4v) is 2.52. The van der Waals surface area contributed by atoms with Crippen molar-refractivity contribution >= 4 is 11.6 Å². The van der Waals surface area contributed by atoms with Crippen LogP contribution >= 0.6 is 11.6 Å². The predicted octanol–water partition coefficient (Wildman–Crippen LogP) is 5.49.